The highest BCUT2D eigenvalue weighted by molar-refractivity contribution is 5.65. The average Bonchev–Trinajstić information content (AvgIpc) is 2.74. The molecule has 0 fully saturated rings. The van der Waals surface area contributed by atoms with Gasteiger partial charge in [0.15, 0.2) is 29.1 Å². The monoisotopic (exact) mass is 454 g/mol. The summed E-state index contributed by atoms with van der Waals surface area (Å²) in [6.07, 6.45) is 0.963. The zero-order chi connectivity index (χ0) is 23.5. The van der Waals surface area contributed by atoms with Gasteiger partial charge in [-0.1, -0.05) is 42.5 Å². The number of hydrogen-bond acceptors (Lipinski definition) is 1. The average molecular weight is 454 g/mol. The predicted octanol–water partition coefficient (Wildman–Crippen LogP) is 7.69. The molecule has 0 radical (unpaired) electrons. The van der Waals surface area contributed by atoms with Crippen LogP contribution in [0.5, 0.6) is 5.75 Å². The fourth-order valence-electron chi connectivity index (χ4n) is 3.06. The molecule has 168 valence electrons. The fraction of sp³-hybridized carbons (Fsp3) is 0.167. The van der Waals surface area contributed by atoms with E-state index in [9.17, 15) is 30.7 Å². The van der Waals surface area contributed by atoms with Gasteiger partial charge in [-0.05, 0) is 37.0 Å². The molecule has 0 saturated carbocycles. The Morgan fingerprint density at radius 1 is 0.812 bits per heavy atom. The quantitative estimate of drug-likeness (QED) is 0.202. The number of benzene rings is 3. The van der Waals surface area contributed by atoms with Crippen molar-refractivity contribution in [2.45, 2.75) is 25.9 Å². The van der Waals surface area contributed by atoms with E-state index in [1.807, 2.05) is 19.1 Å². The summed E-state index contributed by atoms with van der Waals surface area (Å²) < 4.78 is 102. The zero-order valence-electron chi connectivity index (χ0n) is 16.7. The fourth-order valence-corrected chi connectivity index (χ4v) is 3.06. The van der Waals surface area contributed by atoms with Gasteiger partial charge in [0.05, 0.1) is 0 Å². The van der Waals surface area contributed by atoms with Crippen molar-refractivity contribution in [3.8, 4) is 16.9 Å². The molecule has 1 nitrogen and oxygen atoms in total. The third-order valence-electron chi connectivity index (χ3n) is 4.70. The lowest BCUT2D eigenvalue weighted by Crippen LogP contribution is -2.24. The van der Waals surface area contributed by atoms with Crippen LogP contribution in [-0.2, 0) is 12.5 Å². The molecule has 0 aliphatic rings. The lowest BCUT2D eigenvalue weighted by Gasteiger charge is -2.20. The Morgan fingerprint density at radius 3 is 2.03 bits per heavy atom. The number of ether oxygens (including phenoxy) is 1. The standard InChI is InChI=1S/C24H17F7O/c1-2-3-4-5-14-6-8-15(9-7-14)17-10-11-18(22(28)21(17)27)24(30,31)32-16-12-19(25)23(29)20(26)13-16/h2-3,6-13H,4-5H2,1H3/b3-2+. The molecule has 0 N–H and O–H groups in total. The molecule has 0 aliphatic heterocycles. The van der Waals surface area contributed by atoms with Crippen LogP contribution in [0.15, 0.2) is 60.7 Å². The summed E-state index contributed by atoms with van der Waals surface area (Å²) in [5.41, 5.74) is -0.495. The van der Waals surface area contributed by atoms with E-state index >= 15 is 0 Å². The summed E-state index contributed by atoms with van der Waals surface area (Å²) >= 11 is 0. The van der Waals surface area contributed by atoms with Crippen molar-refractivity contribution < 1.29 is 35.5 Å². The lowest BCUT2D eigenvalue weighted by molar-refractivity contribution is -0.187. The SMILES string of the molecule is C/C=C/CCc1ccc(-c2ccc(C(F)(F)Oc3cc(F)c(F)c(F)c3)c(F)c2F)cc1. The Morgan fingerprint density at radius 2 is 1.44 bits per heavy atom. The summed E-state index contributed by atoms with van der Waals surface area (Å²) in [6, 6.07) is 8.44. The summed E-state index contributed by atoms with van der Waals surface area (Å²) in [7, 11) is 0. The normalized spacial score (nSPS) is 11.9. The van der Waals surface area contributed by atoms with Gasteiger partial charge < -0.3 is 4.74 Å². The van der Waals surface area contributed by atoms with E-state index in [1.165, 1.54) is 0 Å². The zero-order valence-corrected chi connectivity index (χ0v) is 16.7. The molecule has 3 rings (SSSR count). The first-order chi connectivity index (χ1) is 15.1. The van der Waals surface area contributed by atoms with Crippen LogP contribution >= 0.6 is 0 Å². The first kappa shape index (κ1) is 23.4. The van der Waals surface area contributed by atoms with Crippen LogP contribution in [0.3, 0.4) is 0 Å². The van der Waals surface area contributed by atoms with Crippen molar-refractivity contribution in [1.82, 2.24) is 0 Å². The highest BCUT2D eigenvalue weighted by atomic mass is 19.3. The summed E-state index contributed by atoms with van der Waals surface area (Å²) in [4.78, 5) is 0. The van der Waals surface area contributed by atoms with E-state index in [1.54, 1.807) is 24.3 Å². The molecular weight excluding hydrogens is 437 g/mol. The van der Waals surface area contributed by atoms with Gasteiger partial charge >= 0.3 is 6.11 Å². The van der Waals surface area contributed by atoms with Crippen molar-refractivity contribution >= 4 is 0 Å². The highest BCUT2D eigenvalue weighted by Gasteiger charge is 2.39. The van der Waals surface area contributed by atoms with E-state index < -0.39 is 46.5 Å². The molecule has 0 atom stereocenters. The van der Waals surface area contributed by atoms with Gasteiger partial charge in [-0.2, -0.15) is 8.78 Å². The van der Waals surface area contributed by atoms with Crippen LogP contribution in [0, 0.1) is 29.1 Å². The number of aryl methyl sites for hydroxylation is 1. The third kappa shape index (κ3) is 4.95. The molecule has 3 aromatic rings. The minimum Gasteiger partial charge on any atom is -0.429 e. The molecule has 0 spiro atoms. The molecule has 8 heteroatoms. The molecule has 0 unspecified atom stereocenters. The number of rotatable bonds is 7. The topological polar surface area (TPSA) is 9.23 Å². The van der Waals surface area contributed by atoms with E-state index in [0.29, 0.717) is 6.07 Å². The number of halogens is 7. The minimum absolute atomic E-state index is 0.173. The molecule has 0 heterocycles. The molecular formula is C24H17F7O. The molecule has 0 amide bonds. The molecule has 0 aromatic heterocycles. The molecule has 0 aliphatic carbocycles. The second kappa shape index (κ2) is 9.46. The maximum absolute atomic E-state index is 14.6. The molecule has 0 saturated heterocycles. The second-order valence-electron chi connectivity index (χ2n) is 6.91. The largest absolute Gasteiger partial charge is 0.429 e. The Hall–Kier alpha value is -3.29. The van der Waals surface area contributed by atoms with Gasteiger partial charge in [-0.25, -0.2) is 22.0 Å². The van der Waals surface area contributed by atoms with Crippen molar-refractivity contribution in [3.05, 3.63) is 101 Å². The van der Waals surface area contributed by atoms with E-state index in [2.05, 4.69) is 4.74 Å². The predicted molar refractivity (Wildman–Crippen MR) is 106 cm³/mol. The molecule has 0 bridgehead atoms. The Bertz CT molecular complexity index is 1110. The van der Waals surface area contributed by atoms with Gasteiger partial charge in [-0.15, -0.1) is 0 Å². The van der Waals surface area contributed by atoms with Gasteiger partial charge in [0, 0.05) is 17.7 Å². The molecule has 32 heavy (non-hydrogen) atoms. The Balaban J connectivity index is 1.88. The van der Waals surface area contributed by atoms with Crippen LogP contribution in [0.2, 0.25) is 0 Å². The first-order valence-corrected chi connectivity index (χ1v) is 9.54. The second-order valence-corrected chi connectivity index (χ2v) is 6.91. The summed E-state index contributed by atoms with van der Waals surface area (Å²) in [5, 5.41) is 0. The lowest BCUT2D eigenvalue weighted by atomic mass is 9.99. The van der Waals surface area contributed by atoms with Crippen LogP contribution in [-0.4, -0.2) is 0 Å². The van der Waals surface area contributed by atoms with Crippen LogP contribution < -0.4 is 4.74 Å². The number of allylic oxidation sites excluding steroid dienone is 2. The van der Waals surface area contributed by atoms with Crippen molar-refractivity contribution in [1.29, 1.82) is 0 Å². The Labute approximate surface area is 179 Å². The number of hydrogen-bond donors (Lipinski definition) is 0. The van der Waals surface area contributed by atoms with Gasteiger partial charge in [0.2, 0.25) is 0 Å². The van der Waals surface area contributed by atoms with Crippen molar-refractivity contribution in [2.75, 3.05) is 0 Å². The summed E-state index contributed by atoms with van der Waals surface area (Å²) in [5.74, 6) is -9.94. The van der Waals surface area contributed by atoms with Crippen molar-refractivity contribution in [2.24, 2.45) is 0 Å². The van der Waals surface area contributed by atoms with Gasteiger partial charge in [0.25, 0.3) is 0 Å². The van der Waals surface area contributed by atoms with Gasteiger partial charge in [-0.3, -0.25) is 0 Å². The smallest absolute Gasteiger partial charge is 0.429 e. The van der Waals surface area contributed by atoms with E-state index in [-0.39, 0.29) is 23.3 Å². The van der Waals surface area contributed by atoms with Gasteiger partial charge in [0.1, 0.15) is 11.3 Å². The third-order valence-corrected chi connectivity index (χ3v) is 4.70. The van der Waals surface area contributed by atoms with Crippen LogP contribution in [0.4, 0.5) is 30.7 Å². The van der Waals surface area contributed by atoms with Crippen molar-refractivity contribution in [3.63, 3.8) is 0 Å². The first-order valence-electron chi connectivity index (χ1n) is 9.54. The van der Waals surface area contributed by atoms with Crippen LogP contribution in [0.25, 0.3) is 11.1 Å². The van der Waals surface area contributed by atoms with Crippen LogP contribution in [0.1, 0.15) is 24.5 Å². The van der Waals surface area contributed by atoms with E-state index in [4.69, 9.17) is 0 Å². The Kier molecular flexibility index (Phi) is 6.91. The maximum Gasteiger partial charge on any atom is 0.429 e. The maximum atomic E-state index is 14.6. The minimum atomic E-state index is -4.49. The summed E-state index contributed by atoms with van der Waals surface area (Å²) in [6.45, 7) is 1.90. The highest BCUT2D eigenvalue weighted by Crippen LogP contribution is 2.37. The molecule has 3 aromatic carbocycles. The van der Waals surface area contributed by atoms with E-state index in [0.717, 1.165) is 24.5 Å². The number of alkyl halides is 2.